The van der Waals surface area contributed by atoms with Gasteiger partial charge in [-0.05, 0) is 12.1 Å². The van der Waals surface area contributed by atoms with Crippen LogP contribution >= 0.6 is 0 Å². The first-order chi connectivity index (χ1) is 6.45. The number of carbonyl (C=O) groups excluding carboxylic acids is 1. The van der Waals surface area contributed by atoms with Gasteiger partial charge in [-0.25, -0.2) is 8.78 Å². The van der Waals surface area contributed by atoms with E-state index in [1.165, 1.54) is 14.0 Å². The zero-order valence-electron chi connectivity index (χ0n) is 7.84. The SMILES string of the molecule is CC(=O)N(C)c1c(F)ccc(N)c1F. The van der Waals surface area contributed by atoms with Gasteiger partial charge in [0, 0.05) is 14.0 Å². The van der Waals surface area contributed by atoms with E-state index in [-0.39, 0.29) is 5.69 Å². The number of anilines is 2. The molecule has 0 fully saturated rings. The van der Waals surface area contributed by atoms with Crippen molar-refractivity contribution in [2.24, 2.45) is 0 Å². The van der Waals surface area contributed by atoms with Crippen molar-refractivity contribution in [2.75, 3.05) is 17.7 Å². The summed E-state index contributed by atoms with van der Waals surface area (Å²) in [6.45, 7) is 1.21. The molecular formula is C9H10F2N2O. The molecule has 1 amide bonds. The lowest BCUT2D eigenvalue weighted by Crippen LogP contribution is -2.25. The number of nitrogens with two attached hydrogens (primary N) is 1. The smallest absolute Gasteiger partial charge is 0.223 e. The predicted molar refractivity (Wildman–Crippen MR) is 49.9 cm³/mol. The minimum atomic E-state index is -0.914. The van der Waals surface area contributed by atoms with Crippen LogP contribution in [0.25, 0.3) is 0 Å². The summed E-state index contributed by atoms with van der Waals surface area (Å²) in [5, 5.41) is 0. The van der Waals surface area contributed by atoms with Gasteiger partial charge in [-0.2, -0.15) is 0 Å². The van der Waals surface area contributed by atoms with Gasteiger partial charge < -0.3 is 10.6 Å². The van der Waals surface area contributed by atoms with Crippen LogP contribution in [-0.4, -0.2) is 13.0 Å². The first-order valence-electron chi connectivity index (χ1n) is 3.93. The second kappa shape index (κ2) is 3.61. The number of carbonyl (C=O) groups is 1. The van der Waals surface area contributed by atoms with E-state index in [0.29, 0.717) is 0 Å². The summed E-state index contributed by atoms with van der Waals surface area (Å²) in [6.07, 6.45) is 0. The Hall–Kier alpha value is -1.65. The molecule has 0 aliphatic heterocycles. The van der Waals surface area contributed by atoms with E-state index < -0.39 is 23.2 Å². The van der Waals surface area contributed by atoms with Crippen molar-refractivity contribution in [1.82, 2.24) is 0 Å². The fourth-order valence-electron chi connectivity index (χ4n) is 1.02. The van der Waals surface area contributed by atoms with Crippen molar-refractivity contribution in [3.8, 4) is 0 Å². The number of halogens is 2. The first-order valence-corrected chi connectivity index (χ1v) is 3.93. The summed E-state index contributed by atoms with van der Waals surface area (Å²) in [5.74, 6) is -2.19. The summed E-state index contributed by atoms with van der Waals surface area (Å²) >= 11 is 0. The second-order valence-corrected chi connectivity index (χ2v) is 2.88. The maximum Gasteiger partial charge on any atom is 0.223 e. The van der Waals surface area contributed by atoms with Gasteiger partial charge >= 0.3 is 0 Å². The number of nitrogen functional groups attached to an aromatic ring is 1. The van der Waals surface area contributed by atoms with E-state index >= 15 is 0 Å². The highest BCUT2D eigenvalue weighted by Crippen LogP contribution is 2.26. The largest absolute Gasteiger partial charge is 0.396 e. The lowest BCUT2D eigenvalue weighted by molar-refractivity contribution is -0.116. The highest BCUT2D eigenvalue weighted by Gasteiger charge is 2.18. The summed E-state index contributed by atoms with van der Waals surface area (Å²) in [4.78, 5) is 11.8. The molecule has 0 aliphatic carbocycles. The monoisotopic (exact) mass is 200 g/mol. The molecule has 0 heterocycles. The molecule has 0 aliphatic rings. The van der Waals surface area contributed by atoms with E-state index in [9.17, 15) is 13.6 Å². The number of hydrogen-bond acceptors (Lipinski definition) is 2. The predicted octanol–water partition coefficient (Wildman–Crippen LogP) is 1.53. The Morgan fingerprint density at radius 2 is 2.00 bits per heavy atom. The van der Waals surface area contributed by atoms with E-state index in [4.69, 9.17) is 5.73 Å². The van der Waals surface area contributed by atoms with Crippen LogP contribution in [0.4, 0.5) is 20.2 Å². The summed E-state index contributed by atoms with van der Waals surface area (Å²) < 4.78 is 26.5. The first kappa shape index (κ1) is 10.4. The lowest BCUT2D eigenvalue weighted by atomic mass is 10.2. The average molecular weight is 200 g/mol. The van der Waals surface area contributed by atoms with Crippen molar-refractivity contribution in [3.05, 3.63) is 23.8 Å². The Kier molecular flexibility index (Phi) is 2.69. The molecule has 3 nitrogen and oxygen atoms in total. The third-order valence-electron chi connectivity index (χ3n) is 1.90. The molecule has 0 bridgehead atoms. The average Bonchev–Trinajstić information content (AvgIpc) is 2.12. The molecule has 14 heavy (non-hydrogen) atoms. The Morgan fingerprint density at radius 3 is 2.50 bits per heavy atom. The highest BCUT2D eigenvalue weighted by molar-refractivity contribution is 5.91. The molecule has 5 heteroatoms. The van der Waals surface area contributed by atoms with Gasteiger partial charge in [-0.3, -0.25) is 4.79 Å². The third-order valence-corrected chi connectivity index (χ3v) is 1.90. The summed E-state index contributed by atoms with van der Waals surface area (Å²) in [6, 6.07) is 2.13. The quantitative estimate of drug-likeness (QED) is 0.699. The number of rotatable bonds is 1. The van der Waals surface area contributed by atoms with Gasteiger partial charge in [0.2, 0.25) is 5.91 Å². The van der Waals surface area contributed by atoms with Crippen LogP contribution < -0.4 is 10.6 Å². The van der Waals surface area contributed by atoms with Crippen LogP contribution in [0.5, 0.6) is 0 Å². The van der Waals surface area contributed by atoms with Crippen LogP contribution in [0, 0.1) is 11.6 Å². The minimum Gasteiger partial charge on any atom is -0.396 e. The second-order valence-electron chi connectivity index (χ2n) is 2.88. The summed E-state index contributed by atoms with van der Waals surface area (Å²) in [5.41, 5.74) is 4.64. The van der Waals surface area contributed by atoms with Crippen LogP contribution in [-0.2, 0) is 4.79 Å². The molecule has 0 spiro atoms. The van der Waals surface area contributed by atoms with Crippen LogP contribution in [0.1, 0.15) is 6.92 Å². The number of amides is 1. The van der Waals surface area contributed by atoms with Crippen LogP contribution in [0.15, 0.2) is 12.1 Å². The fraction of sp³-hybridized carbons (Fsp3) is 0.222. The zero-order chi connectivity index (χ0) is 10.9. The Balaban J connectivity index is 3.32. The lowest BCUT2D eigenvalue weighted by Gasteiger charge is -2.17. The van der Waals surface area contributed by atoms with Crippen molar-refractivity contribution >= 4 is 17.3 Å². The Bertz CT molecular complexity index is 379. The van der Waals surface area contributed by atoms with Crippen LogP contribution in [0.3, 0.4) is 0 Å². The van der Waals surface area contributed by atoms with Gasteiger partial charge in [0.25, 0.3) is 0 Å². The molecule has 76 valence electrons. The number of benzene rings is 1. The molecular weight excluding hydrogens is 190 g/mol. The van der Waals surface area contributed by atoms with E-state index in [0.717, 1.165) is 17.0 Å². The number of hydrogen-bond donors (Lipinski definition) is 1. The highest BCUT2D eigenvalue weighted by atomic mass is 19.1. The molecule has 0 radical (unpaired) electrons. The topological polar surface area (TPSA) is 46.3 Å². The molecule has 0 aromatic heterocycles. The van der Waals surface area contributed by atoms with Gasteiger partial charge in [-0.15, -0.1) is 0 Å². The van der Waals surface area contributed by atoms with Gasteiger partial charge in [0.05, 0.1) is 5.69 Å². The van der Waals surface area contributed by atoms with Crippen molar-refractivity contribution < 1.29 is 13.6 Å². The van der Waals surface area contributed by atoms with Crippen molar-refractivity contribution in [2.45, 2.75) is 6.92 Å². The van der Waals surface area contributed by atoms with Crippen LogP contribution in [0.2, 0.25) is 0 Å². The molecule has 0 atom stereocenters. The Labute approximate surface area is 80.1 Å². The molecule has 1 rings (SSSR count). The molecule has 1 aromatic carbocycles. The molecule has 0 unspecified atom stereocenters. The van der Waals surface area contributed by atoms with Crippen molar-refractivity contribution in [1.29, 1.82) is 0 Å². The number of nitrogens with zero attached hydrogens (tertiary/aromatic N) is 1. The maximum atomic E-state index is 13.3. The normalized spacial score (nSPS) is 10.0. The van der Waals surface area contributed by atoms with Gasteiger partial charge in [-0.1, -0.05) is 0 Å². The van der Waals surface area contributed by atoms with E-state index in [2.05, 4.69) is 0 Å². The van der Waals surface area contributed by atoms with E-state index in [1.54, 1.807) is 0 Å². The summed E-state index contributed by atoms with van der Waals surface area (Å²) in [7, 11) is 1.28. The fourth-order valence-corrected chi connectivity index (χ4v) is 1.02. The zero-order valence-corrected chi connectivity index (χ0v) is 7.84. The molecule has 2 N–H and O–H groups in total. The Morgan fingerprint density at radius 1 is 1.43 bits per heavy atom. The van der Waals surface area contributed by atoms with Gasteiger partial charge in [0.15, 0.2) is 5.82 Å². The molecule has 0 saturated carbocycles. The van der Waals surface area contributed by atoms with Crippen molar-refractivity contribution in [3.63, 3.8) is 0 Å². The maximum absolute atomic E-state index is 13.3. The molecule has 1 aromatic rings. The van der Waals surface area contributed by atoms with Gasteiger partial charge in [0.1, 0.15) is 11.5 Å². The minimum absolute atomic E-state index is 0.186. The van der Waals surface area contributed by atoms with E-state index in [1.807, 2.05) is 0 Å². The third kappa shape index (κ3) is 1.66. The molecule has 0 saturated heterocycles. The standard InChI is InChI=1S/C9H10F2N2O/c1-5(14)13(2)9-6(10)3-4-7(12)8(9)11/h3-4H,12H2,1-2H3.